The van der Waals surface area contributed by atoms with Crippen molar-refractivity contribution in [2.24, 2.45) is 0 Å². The van der Waals surface area contributed by atoms with Crippen LogP contribution in [0.15, 0.2) is 29.2 Å². The van der Waals surface area contributed by atoms with Crippen LogP contribution in [0.3, 0.4) is 0 Å². The lowest BCUT2D eigenvalue weighted by molar-refractivity contribution is -0.155. The van der Waals surface area contributed by atoms with Crippen LogP contribution in [0.5, 0.6) is 0 Å². The summed E-state index contributed by atoms with van der Waals surface area (Å²) in [4.78, 5) is 22.7. The molecule has 0 bridgehead atoms. The number of rotatable bonds is 6. The van der Waals surface area contributed by atoms with E-state index < -0.39 is 39.6 Å². The number of benzene rings is 1. The Morgan fingerprint density at radius 2 is 1.58 bits per heavy atom. The molecule has 9 heteroatoms. The van der Waals surface area contributed by atoms with Crippen molar-refractivity contribution < 1.29 is 28.2 Å². The Bertz CT molecular complexity index is 717. The normalized spacial score (nSPS) is 14.7. The van der Waals surface area contributed by atoms with Crippen LogP contribution >= 0.6 is 0 Å². The van der Waals surface area contributed by atoms with Gasteiger partial charge < -0.3 is 15.5 Å². The minimum atomic E-state index is -3.71. The molecule has 0 saturated heterocycles. The number of aliphatic carboxylic acids is 1. The zero-order valence-electron chi connectivity index (χ0n) is 14.0. The number of carboxylic acids is 1. The number of hydrogen-bond donors (Lipinski definition) is 4. The number of sulfonamides is 1. The molecule has 1 aromatic rings. The van der Waals surface area contributed by atoms with Crippen molar-refractivity contribution in [2.75, 3.05) is 6.54 Å². The molecule has 0 aliphatic heterocycles. The van der Waals surface area contributed by atoms with E-state index >= 15 is 0 Å². The Balaban J connectivity index is 2.84. The van der Waals surface area contributed by atoms with E-state index in [1.807, 2.05) is 0 Å². The van der Waals surface area contributed by atoms with Crippen LogP contribution in [0, 0.1) is 0 Å². The number of amides is 1. The van der Waals surface area contributed by atoms with Crippen LogP contribution in [0.1, 0.15) is 38.1 Å². The van der Waals surface area contributed by atoms with E-state index in [1.54, 1.807) is 20.8 Å². The van der Waals surface area contributed by atoms with Gasteiger partial charge in [0, 0.05) is 11.1 Å². The van der Waals surface area contributed by atoms with Gasteiger partial charge in [0.25, 0.3) is 5.91 Å². The third-order valence-corrected chi connectivity index (χ3v) is 4.70. The van der Waals surface area contributed by atoms with Gasteiger partial charge in [-0.2, -0.15) is 0 Å². The molecule has 1 rings (SSSR count). The van der Waals surface area contributed by atoms with Crippen molar-refractivity contribution in [3.63, 3.8) is 0 Å². The van der Waals surface area contributed by atoms with Crippen molar-refractivity contribution in [3.05, 3.63) is 29.8 Å². The first-order valence-electron chi connectivity index (χ1n) is 7.13. The van der Waals surface area contributed by atoms with Crippen molar-refractivity contribution in [1.82, 2.24) is 10.0 Å². The van der Waals surface area contributed by atoms with E-state index in [4.69, 9.17) is 5.11 Å². The first-order chi connectivity index (χ1) is 10.7. The minimum Gasteiger partial charge on any atom is -0.479 e. The van der Waals surface area contributed by atoms with Gasteiger partial charge in [0.05, 0.1) is 11.4 Å². The molecule has 4 N–H and O–H groups in total. The maximum atomic E-state index is 12.2. The number of carbonyl (C=O) groups is 2. The van der Waals surface area contributed by atoms with Crippen LogP contribution in [0.25, 0.3) is 0 Å². The summed E-state index contributed by atoms with van der Waals surface area (Å²) in [6.07, 6.45) is 0. The molecule has 0 spiro atoms. The third kappa shape index (κ3) is 5.59. The highest BCUT2D eigenvalue weighted by molar-refractivity contribution is 7.89. The van der Waals surface area contributed by atoms with Gasteiger partial charge in [-0.25, -0.2) is 17.9 Å². The average Bonchev–Trinajstić information content (AvgIpc) is 2.42. The lowest BCUT2D eigenvalue weighted by Gasteiger charge is -2.20. The first kappa shape index (κ1) is 20.1. The van der Waals surface area contributed by atoms with Crippen molar-refractivity contribution in [3.8, 4) is 0 Å². The van der Waals surface area contributed by atoms with Crippen LogP contribution in [-0.2, 0) is 14.8 Å². The first-order valence-corrected chi connectivity index (χ1v) is 8.61. The van der Waals surface area contributed by atoms with Gasteiger partial charge in [-0.05, 0) is 52.0 Å². The van der Waals surface area contributed by atoms with Gasteiger partial charge in [0.15, 0.2) is 5.60 Å². The Hall–Kier alpha value is -1.97. The summed E-state index contributed by atoms with van der Waals surface area (Å²) in [6.45, 7) is 5.71. The van der Waals surface area contributed by atoms with Gasteiger partial charge >= 0.3 is 5.97 Å². The summed E-state index contributed by atoms with van der Waals surface area (Å²) >= 11 is 0. The molecule has 1 aromatic carbocycles. The number of hydrogen-bond acceptors (Lipinski definition) is 5. The second kappa shape index (κ2) is 6.88. The van der Waals surface area contributed by atoms with Crippen molar-refractivity contribution in [2.45, 2.75) is 43.7 Å². The van der Waals surface area contributed by atoms with Crippen LogP contribution in [0.4, 0.5) is 0 Å². The second-order valence-electron chi connectivity index (χ2n) is 6.64. The number of carboxylic acid groups (broad SMARTS) is 1. The molecule has 134 valence electrons. The van der Waals surface area contributed by atoms with Crippen LogP contribution in [0.2, 0.25) is 0 Å². The molecule has 0 aliphatic carbocycles. The van der Waals surface area contributed by atoms with Crippen LogP contribution in [-0.4, -0.2) is 48.2 Å². The molecule has 1 atom stereocenters. The molecule has 1 unspecified atom stereocenters. The van der Waals surface area contributed by atoms with E-state index in [0.717, 1.165) is 6.92 Å². The highest BCUT2D eigenvalue weighted by Gasteiger charge is 2.30. The maximum Gasteiger partial charge on any atom is 0.337 e. The number of aliphatic hydroxyl groups is 1. The fourth-order valence-corrected chi connectivity index (χ4v) is 3.10. The topological polar surface area (TPSA) is 133 Å². The Morgan fingerprint density at radius 3 is 2.00 bits per heavy atom. The summed E-state index contributed by atoms with van der Waals surface area (Å²) in [5, 5.41) is 20.6. The SMILES string of the molecule is CC(C)(C)NS(=O)(=O)c1ccc(C(=O)NCC(C)(O)C(=O)O)cc1. The highest BCUT2D eigenvalue weighted by atomic mass is 32.2. The summed E-state index contributed by atoms with van der Waals surface area (Å²) in [7, 11) is -3.71. The maximum absolute atomic E-state index is 12.2. The third-order valence-electron chi connectivity index (χ3n) is 2.92. The second-order valence-corrected chi connectivity index (χ2v) is 8.32. The van der Waals surface area contributed by atoms with E-state index in [-0.39, 0.29) is 10.5 Å². The predicted octanol–water partition coefficient (Wildman–Crippen LogP) is 0.329. The molecule has 0 radical (unpaired) electrons. The van der Waals surface area contributed by atoms with Crippen LogP contribution < -0.4 is 10.0 Å². The Kier molecular flexibility index (Phi) is 5.75. The Morgan fingerprint density at radius 1 is 1.08 bits per heavy atom. The van der Waals surface area contributed by atoms with Gasteiger partial charge in [-0.3, -0.25) is 4.79 Å². The minimum absolute atomic E-state index is 0.00603. The monoisotopic (exact) mass is 358 g/mol. The zero-order chi connectivity index (χ0) is 18.8. The van der Waals surface area contributed by atoms with E-state index in [0.29, 0.717) is 0 Å². The summed E-state index contributed by atoms with van der Waals surface area (Å²) in [5.41, 5.74) is -2.58. The summed E-state index contributed by atoms with van der Waals surface area (Å²) in [5.74, 6) is -2.08. The molecule has 24 heavy (non-hydrogen) atoms. The molecule has 0 saturated carbocycles. The standard InChI is InChI=1S/C15H22N2O6S/c1-14(2,3)17-24(22,23)11-7-5-10(6-8-11)12(18)16-9-15(4,21)13(19)20/h5-8,17,21H,9H2,1-4H3,(H,16,18)(H,19,20). The Labute approximate surface area is 140 Å². The molecular weight excluding hydrogens is 336 g/mol. The van der Waals surface area contributed by atoms with Gasteiger partial charge in [0.1, 0.15) is 0 Å². The molecule has 0 fully saturated rings. The number of carbonyl (C=O) groups excluding carboxylic acids is 1. The van der Waals surface area contributed by atoms with Gasteiger partial charge in [0.2, 0.25) is 10.0 Å². The molecule has 0 heterocycles. The smallest absolute Gasteiger partial charge is 0.337 e. The van der Waals surface area contributed by atoms with Gasteiger partial charge in [-0.1, -0.05) is 0 Å². The molecule has 8 nitrogen and oxygen atoms in total. The van der Waals surface area contributed by atoms with E-state index in [2.05, 4.69) is 10.0 Å². The number of nitrogens with one attached hydrogen (secondary N) is 2. The molecule has 1 amide bonds. The predicted molar refractivity (Wildman–Crippen MR) is 87.1 cm³/mol. The lowest BCUT2D eigenvalue weighted by atomic mass is 10.1. The van der Waals surface area contributed by atoms with E-state index in [9.17, 15) is 23.1 Å². The van der Waals surface area contributed by atoms with Crippen molar-refractivity contribution in [1.29, 1.82) is 0 Å². The molecular formula is C15H22N2O6S. The largest absolute Gasteiger partial charge is 0.479 e. The fraction of sp³-hybridized carbons (Fsp3) is 0.467. The molecule has 0 aromatic heterocycles. The lowest BCUT2D eigenvalue weighted by Crippen LogP contribution is -2.46. The summed E-state index contributed by atoms with van der Waals surface area (Å²) in [6, 6.07) is 5.17. The highest BCUT2D eigenvalue weighted by Crippen LogP contribution is 2.14. The summed E-state index contributed by atoms with van der Waals surface area (Å²) < 4.78 is 26.8. The molecule has 0 aliphatic rings. The fourth-order valence-electron chi connectivity index (χ4n) is 1.68. The quantitative estimate of drug-likeness (QED) is 0.579. The van der Waals surface area contributed by atoms with E-state index in [1.165, 1.54) is 24.3 Å². The van der Waals surface area contributed by atoms with Gasteiger partial charge in [-0.15, -0.1) is 0 Å². The average molecular weight is 358 g/mol. The zero-order valence-corrected chi connectivity index (χ0v) is 14.8. The van der Waals surface area contributed by atoms with Crippen molar-refractivity contribution >= 4 is 21.9 Å².